The van der Waals surface area contributed by atoms with Crippen LogP contribution in [0.25, 0.3) is 0 Å². The number of ether oxygens (including phenoxy) is 2. The Kier molecular flexibility index (Phi) is 4.30. The van der Waals surface area contributed by atoms with Gasteiger partial charge in [-0.3, -0.25) is 0 Å². The number of aliphatic hydroxyl groups is 1. The summed E-state index contributed by atoms with van der Waals surface area (Å²) in [6, 6.07) is 0. The van der Waals surface area contributed by atoms with Crippen LogP contribution in [0.4, 0.5) is 4.79 Å². The van der Waals surface area contributed by atoms with E-state index in [1.165, 1.54) is 0 Å². The predicted molar refractivity (Wildman–Crippen MR) is 48.6 cm³/mol. The van der Waals surface area contributed by atoms with Gasteiger partial charge in [0.15, 0.2) is 0 Å². The molecule has 0 aromatic rings. The smallest absolute Gasteiger partial charge is 0.428 e. The first-order valence-corrected chi connectivity index (χ1v) is 4.00. The summed E-state index contributed by atoms with van der Waals surface area (Å²) < 4.78 is 8.92. The minimum atomic E-state index is -1.10. The number of hydrogen-bond donors (Lipinski definition) is 1. The van der Waals surface area contributed by atoms with Crippen LogP contribution < -0.4 is 0 Å². The van der Waals surface area contributed by atoms with Crippen molar-refractivity contribution in [2.45, 2.75) is 26.4 Å². The normalized spacial score (nSPS) is 10.6. The van der Waals surface area contributed by atoms with Gasteiger partial charge in [-0.05, 0) is 20.8 Å². The van der Waals surface area contributed by atoms with Crippen LogP contribution in [0.2, 0.25) is 0 Å². The molecule has 80 valence electrons. The third kappa shape index (κ3) is 5.31. The second kappa shape index (κ2) is 4.76. The van der Waals surface area contributed by atoms with E-state index in [0.29, 0.717) is 0 Å². The third-order valence-electron chi connectivity index (χ3n) is 1.05. The Labute approximate surface area is 82.3 Å². The van der Waals surface area contributed by atoms with Gasteiger partial charge in [-0.15, -0.1) is 0 Å². The number of hydrogen-bond acceptors (Lipinski definition) is 5. The van der Waals surface area contributed by atoms with Crippen molar-refractivity contribution in [1.29, 1.82) is 0 Å². The molecule has 0 fully saturated rings. The molecule has 0 amide bonds. The van der Waals surface area contributed by atoms with Crippen molar-refractivity contribution in [2.75, 3.05) is 6.61 Å². The molecule has 0 saturated carbocycles. The predicted octanol–water partition coefficient (Wildman–Crippen LogP) is 1.01. The first kappa shape index (κ1) is 12.6. The fourth-order valence-corrected chi connectivity index (χ4v) is 0.483. The van der Waals surface area contributed by atoms with Crippen molar-refractivity contribution in [3.63, 3.8) is 0 Å². The maximum absolute atomic E-state index is 10.9. The van der Waals surface area contributed by atoms with Crippen LogP contribution in [0.3, 0.4) is 0 Å². The molecule has 0 spiro atoms. The van der Waals surface area contributed by atoms with Crippen molar-refractivity contribution in [1.82, 2.24) is 0 Å². The van der Waals surface area contributed by atoms with Crippen molar-refractivity contribution in [3.8, 4) is 0 Å². The molecule has 5 heteroatoms. The average molecular weight is 202 g/mol. The fraction of sp³-hybridized carbons (Fsp3) is 0.556. The van der Waals surface area contributed by atoms with Gasteiger partial charge >= 0.3 is 12.1 Å². The summed E-state index contributed by atoms with van der Waals surface area (Å²) >= 11 is 0. The van der Waals surface area contributed by atoms with Gasteiger partial charge in [-0.1, -0.05) is 6.58 Å². The van der Waals surface area contributed by atoms with Gasteiger partial charge < -0.3 is 14.6 Å². The van der Waals surface area contributed by atoms with Crippen LogP contribution in [0.5, 0.6) is 0 Å². The van der Waals surface area contributed by atoms with Crippen LogP contribution >= 0.6 is 0 Å². The van der Waals surface area contributed by atoms with Gasteiger partial charge in [0.25, 0.3) is 0 Å². The zero-order valence-corrected chi connectivity index (χ0v) is 8.49. The fourth-order valence-electron chi connectivity index (χ4n) is 0.483. The summed E-state index contributed by atoms with van der Waals surface area (Å²) in [5.74, 6) is -0.984. The molecule has 0 heterocycles. The zero-order valence-electron chi connectivity index (χ0n) is 8.49. The Bertz CT molecular complexity index is 248. The van der Waals surface area contributed by atoms with Crippen LogP contribution in [0, 0.1) is 0 Å². The van der Waals surface area contributed by atoms with Gasteiger partial charge in [0.2, 0.25) is 0 Å². The topological polar surface area (TPSA) is 72.8 Å². The highest BCUT2D eigenvalue weighted by molar-refractivity contribution is 5.94. The van der Waals surface area contributed by atoms with Crippen molar-refractivity contribution in [3.05, 3.63) is 12.2 Å². The average Bonchev–Trinajstić information content (AvgIpc) is 1.99. The lowest BCUT2D eigenvalue weighted by Crippen LogP contribution is -2.26. The molecule has 0 saturated heterocycles. The molecule has 0 rings (SSSR count). The quantitative estimate of drug-likeness (QED) is 0.411. The monoisotopic (exact) mass is 202 g/mol. The second-order valence-electron chi connectivity index (χ2n) is 3.62. The molecule has 0 aliphatic rings. The Morgan fingerprint density at radius 2 is 1.86 bits per heavy atom. The summed E-state index contributed by atoms with van der Waals surface area (Å²) in [5, 5.41) is 8.50. The molecule has 0 radical (unpaired) electrons. The van der Waals surface area contributed by atoms with E-state index in [0.717, 1.165) is 0 Å². The lowest BCUT2D eigenvalue weighted by atomic mass is 10.2. The Morgan fingerprint density at radius 1 is 1.36 bits per heavy atom. The van der Waals surface area contributed by atoms with E-state index in [4.69, 9.17) is 9.84 Å². The second-order valence-corrected chi connectivity index (χ2v) is 3.62. The summed E-state index contributed by atoms with van der Waals surface area (Å²) in [6.07, 6.45) is -1.10. The van der Waals surface area contributed by atoms with E-state index in [9.17, 15) is 9.59 Å². The van der Waals surface area contributed by atoms with Crippen molar-refractivity contribution in [2.24, 2.45) is 0 Å². The highest BCUT2D eigenvalue weighted by atomic mass is 16.7. The van der Waals surface area contributed by atoms with E-state index >= 15 is 0 Å². The SMILES string of the molecule is C=C(CO)C(=O)OC(=O)OC(C)(C)C. The molecule has 0 atom stereocenters. The molecule has 14 heavy (non-hydrogen) atoms. The molecule has 1 N–H and O–H groups in total. The first-order valence-electron chi connectivity index (χ1n) is 4.00. The lowest BCUT2D eigenvalue weighted by Gasteiger charge is -2.18. The van der Waals surface area contributed by atoms with E-state index < -0.39 is 24.3 Å². The zero-order chi connectivity index (χ0) is 11.4. The first-order chi connectivity index (χ1) is 6.26. The van der Waals surface area contributed by atoms with Crippen molar-refractivity contribution >= 4 is 12.1 Å². The Balaban J connectivity index is 4.08. The number of carbonyl (C=O) groups is 2. The number of esters is 1. The van der Waals surface area contributed by atoms with Crippen LogP contribution in [-0.4, -0.2) is 29.4 Å². The summed E-state index contributed by atoms with van der Waals surface area (Å²) in [6.45, 7) is 7.55. The summed E-state index contributed by atoms with van der Waals surface area (Å²) in [7, 11) is 0. The maximum atomic E-state index is 10.9. The van der Waals surface area contributed by atoms with Crippen LogP contribution in [0.15, 0.2) is 12.2 Å². The highest BCUT2D eigenvalue weighted by Crippen LogP contribution is 2.08. The summed E-state index contributed by atoms with van der Waals surface area (Å²) in [4.78, 5) is 21.8. The van der Waals surface area contributed by atoms with E-state index in [2.05, 4.69) is 11.3 Å². The van der Waals surface area contributed by atoms with E-state index in [1.54, 1.807) is 20.8 Å². The van der Waals surface area contributed by atoms with Gasteiger partial charge in [0, 0.05) is 0 Å². The van der Waals surface area contributed by atoms with Gasteiger partial charge in [0.05, 0.1) is 12.2 Å². The van der Waals surface area contributed by atoms with Gasteiger partial charge in [-0.2, -0.15) is 0 Å². The molecular formula is C9H14O5. The number of carbonyl (C=O) groups excluding carboxylic acids is 2. The minimum Gasteiger partial charge on any atom is -0.428 e. The molecule has 0 aliphatic carbocycles. The van der Waals surface area contributed by atoms with Crippen LogP contribution in [0.1, 0.15) is 20.8 Å². The minimum absolute atomic E-state index is 0.198. The third-order valence-corrected chi connectivity index (χ3v) is 1.05. The molecular weight excluding hydrogens is 188 g/mol. The number of aliphatic hydroxyl groups excluding tert-OH is 1. The standard InChI is InChI=1S/C9H14O5/c1-6(5-10)7(11)13-8(12)14-9(2,3)4/h10H,1,5H2,2-4H3. The molecule has 5 nitrogen and oxygen atoms in total. The number of rotatable bonds is 2. The lowest BCUT2D eigenvalue weighted by molar-refractivity contribution is -0.137. The molecule has 0 unspecified atom stereocenters. The molecule has 0 aromatic heterocycles. The van der Waals surface area contributed by atoms with Crippen molar-refractivity contribution < 1.29 is 24.2 Å². The molecule has 0 bridgehead atoms. The Morgan fingerprint density at radius 3 is 2.21 bits per heavy atom. The molecule has 0 aliphatic heterocycles. The largest absolute Gasteiger partial charge is 0.516 e. The van der Waals surface area contributed by atoms with Gasteiger partial charge in [-0.25, -0.2) is 9.59 Å². The van der Waals surface area contributed by atoms with Crippen LogP contribution in [-0.2, 0) is 14.3 Å². The van der Waals surface area contributed by atoms with E-state index in [-0.39, 0.29) is 5.57 Å². The summed E-state index contributed by atoms with van der Waals surface area (Å²) in [5.41, 5.74) is -0.923. The molecule has 0 aromatic carbocycles. The van der Waals surface area contributed by atoms with Gasteiger partial charge in [0.1, 0.15) is 5.60 Å². The Hall–Kier alpha value is -1.36. The highest BCUT2D eigenvalue weighted by Gasteiger charge is 2.21. The van der Waals surface area contributed by atoms with E-state index in [1.807, 2.05) is 0 Å². The maximum Gasteiger partial charge on any atom is 0.516 e.